The fourth-order valence-electron chi connectivity index (χ4n) is 3.48. The van der Waals surface area contributed by atoms with Crippen molar-refractivity contribution in [1.82, 2.24) is 4.57 Å². The van der Waals surface area contributed by atoms with Crippen molar-refractivity contribution in [1.29, 1.82) is 0 Å². The van der Waals surface area contributed by atoms with Gasteiger partial charge in [-0.2, -0.15) is 0 Å². The molecule has 0 atom stereocenters. The summed E-state index contributed by atoms with van der Waals surface area (Å²) in [4.78, 5) is 24.3. The second kappa shape index (κ2) is 12.2. The molecule has 1 aromatic heterocycles. The highest BCUT2D eigenvalue weighted by molar-refractivity contribution is 5.89. The van der Waals surface area contributed by atoms with Crippen molar-refractivity contribution in [3.63, 3.8) is 0 Å². The van der Waals surface area contributed by atoms with Gasteiger partial charge in [-0.25, -0.2) is 0 Å². The molecule has 0 aliphatic rings. The number of unbranched alkanes of at least 4 members (excludes halogenated alkanes) is 1. The van der Waals surface area contributed by atoms with Gasteiger partial charge in [-0.05, 0) is 66.0 Å². The molecule has 0 unspecified atom stereocenters. The molecule has 0 N–H and O–H groups in total. The second-order valence-corrected chi connectivity index (χ2v) is 8.78. The third-order valence-corrected chi connectivity index (χ3v) is 5.21. The predicted molar refractivity (Wildman–Crippen MR) is 133 cm³/mol. The van der Waals surface area contributed by atoms with Gasteiger partial charge in [-0.1, -0.05) is 30.6 Å². The van der Waals surface area contributed by atoms with Crippen molar-refractivity contribution in [3.8, 4) is 11.5 Å². The summed E-state index contributed by atoms with van der Waals surface area (Å²) >= 11 is 0. The maximum Gasteiger partial charge on any atom is 0.297 e. The standard InChI is InChI=1S/C26H36N2O5/c1-7-8-15-27-23-17-21(28(30)31)12-13-22(23)24(25(26(27)29)33-19(4)5)32-16-14-20(6)11-9-10-18(2)3/h10,12-14,17,19H,7-9,11,15-16H2,1-6H3. The minimum absolute atomic E-state index is 0.0642. The normalized spacial score (nSPS) is 11.7. The molecule has 1 aromatic carbocycles. The molecular weight excluding hydrogens is 420 g/mol. The van der Waals surface area contributed by atoms with Gasteiger partial charge in [0.25, 0.3) is 11.2 Å². The van der Waals surface area contributed by atoms with E-state index < -0.39 is 4.92 Å². The van der Waals surface area contributed by atoms with Crippen molar-refractivity contribution in [2.45, 2.75) is 79.9 Å². The number of non-ortho nitro benzene ring substituents is 1. The summed E-state index contributed by atoms with van der Waals surface area (Å²) in [6, 6.07) is 4.52. The van der Waals surface area contributed by atoms with Gasteiger partial charge >= 0.3 is 0 Å². The van der Waals surface area contributed by atoms with Gasteiger partial charge in [-0.3, -0.25) is 14.9 Å². The molecule has 0 saturated heterocycles. The molecule has 0 bridgehead atoms. The average Bonchev–Trinajstić information content (AvgIpc) is 2.74. The molecule has 0 aliphatic heterocycles. The Labute approximate surface area is 195 Å². The first-order chi connectivity index (χ1) is 15.6. The van der Waals surface area contributed by atoms with Crippen molar-refractivity contribution in [2.75, 3.05) is 6.61 Å². The molecule has 0 fully saturated rings. The Kier molecular flexibility index (Phi) is 9.70. The first-order valence-corrected chi connectivity index (χ1v) is 11.6. The van der Waals surface area contributed by atoms with Gasteiger partial charge in [0.2, 0.25) is 5.75 Å². The summed E-state index contributed by atoms with van der Waals surface area (Å²) in [7, 11) is 0. The van der Waals surface area contributed by atoms with Crippen molar-refractivity contribution < 1.29 is 14.4 Å². The highest BCUT2D eigenvalue weighted by Crippen LogP contribution is 2.35. The smallest absolute Gasteiger partial charge is 0.297 e. The number of hydrogen-bond acceptors (Lipinski definition) is 5. The van der Waals surface area contributed by atoms with Crippen LogP contribution >= 0.6 is 0 Å². The highest BCUT2D eigenvalue weighted by atomic mass is 16.6. The number of hydrogen-bond donors (Lipinski definition) is 0. The van der Waals surface area contributed by atoms with Gasteiger partial charge in [0.05, 0.1) is 16.5 Å². The van der Waals surface area contributed by atoms with Crippen LogP contribution in [0.2, 0.25) is 0 Å². The topological polar surface area (TPSA) is 83.6 Å². The molecule has 33 heavy (non-hydrogen) atoms. The van der Waals surface area contributed by atoms with E-state index in [-0.39, 0.29) is 29.7 Å². The maximum atomic E-state index is 13.4. The third-order valence-electron chi connectivity index (χ3n) is 5.21. The molecule has 7 heteroatoms. The number of nitro benzene ring substituents is 1. The third kappa shape index (κ3) is 7.20. The molecule has 0 spiro atoms. The molecule has 1 heterocycles. The number of benzene rings is 1. The number of nitro groups is 1. The number of aromatic nitrogens is 1. The van der Waals surface area contributed by atoms with E-state index in [9.17, 15) is 14.9 Å². The Morgan fingerprint density at radius 2 is 1.91 bits per heavy atom. The fourth-order valence-corrected chi connectivity index (χ4v) is 3.48. The van der Waals surface area contributed by atoms with Crippen molar-refractivity contribution in [3.05, 3.63) is 62.0 Å². The Balaban J connectivity index is 2.54. The lowest BCUT2D eigenvalue weighted by Crippen LogP contribution is -2.25. The summed E-state index contributed by atoms with van der Waals surface area (Å²) in [6.07, 6.45) is 7.52. The SMILES string of the molecule is CCCCn1c(=O)c(OC(C)C)c(OCC=C(C)CCC=C(C)C)c2ccc([N+](=O)[O-])cc21. The number of ether oxygens (including phenoxy) is 2. The van der Waals surface area contributed by atoms with Gasteiger partial charge < -0.3 is 14.0 Å². The second-order valence-electron chi connectivity index (χ2n) is 8.78. The van der Waals surface area contributed by atoms with Gasteiger partial charge in [0.15, 0.2) is 5.75 Å². The first kappa shape index (κ1) is 26.2. The van der Waals surface area contributed by atoms with Crippen LogP contribution in [0.1, 0.15) is 67.2 Å². The molecule has 0 amide bonds. The highest BCUT2D eigenvalue weighted by Gasteiger charge is 2.22. The van der Waals surface area contributed by atoms with E-state index in [1.165, 1.54) is 23.3 Å². The molecule has 0 saturated carbocycles. The van der Waals surface area contributed by atoms with E-state index in [4.69, 9.17) is 9.47 Å². The Bertz CT molecular complexity index is 1090. The van der Waals surface area contributed by atoms with Crippen LogP contribution in [-0.2, 0) is 6.54 Å². The summed E-state index contributed by atoms with van der Waals surface area (Å²) in [6.45, 7) is 12.7. The molecule has 7 nitrogen and oxygen atoms in total. The van der Waals surface area contributed by atoms with Crippen molar-refractivity contribution in [2.24, 2.45) is 0 Å². The number of fused-ring (bicyclic) bond motifs is 1. The zero-order valence-electron chi connectivity index (χ0n) is 20.6. The van der Waals surface area contributed by atoms with Gasteiger partial charge in [-0.15, -0.1) is 0 Å². The first-order valence-electron chi connectivity index (χ1n) is 11.6. The van der Waals surface area contributed by atoms with Crippen LogP contribution in [0.5, 0.6) is 11.5 Å². The Morgan fingerprint density at radius 3 is 2.52 bits per heavy atom. The maximum absolute atomic E-state index is 13.4. The summed E-state index contributed by atoms with van der Waals surface area (Å²) in [5, 5.41) is 12.0. The summed E-state index contributed by atoms with van der Waals surface area (Å²) in [5.74, 6) is 0.484. The molecule has 2 rings (SSSR count). The quantitative estimate of drug-likeness (QED) is 0.205. The van der Waals surface area contributed by atoms with Crippen LogP contribution in [0.4, 0.5) is 5.69 Å². The molecular formula is C26H36N2O5. The number of rotatable bonds is 12. The summed E-state index contributed by atoms with van der Waals surface area (Å²) < 4.78 is 13.6. The van der Waals surface area contributed by atoms with Gasteiger partial charge in [0.1, 0.15) is 6.61 Å². The number of nitrogens with zero attached hydrogens (tertiary/aromatic N) is 2. The van der Waals surface area contributed by atoms with Crippen LogP contribution in [0.25, 0.3) is 10.9 Å². The zero-order chi connectivity index (χ0) is 24.5. The molecule has 180 valence electrons. The van der Waals surface area contributed by atoms with Crippen LogP contribution in [0.15, 0.2) is 46.3 Å². The van der Waals surface area contributed by atoms with Crippen LogP contribution in [0.3, 0.4) is 0 Å². The summed E-state index contributed by atoms with van der Waals surface area (Å²) in [5.41, 5.74) is 2.57. The largest absolute Gasteiger partial charge is 0.485 e. The van der Waals surface area contributed by atoms with Crippen LogP contribution < -0.4 is 15.0 Å². The minimum Gasteiger partial charge on any atom is -0.485 e. The Morgan fingerprint density at radius 1 is 1.18 bits per heavy atom. The van der Waals surface area contributed by atoms with E-state index in [1.807, 2.05) is 26.8 Å². The minimum atomic E-state index is -0.453. The number of pyridine rings is 1. The number of allylic oxidation sites excluding steroid dienone is 3. The van der Waals surface area contributed by atoms with Crippen LogP contribution in [0, 0.1) is 10.1 Å². The molecule has 0 radical (unpaired) electrons. The van der Waals surface area contributed by atoms with Gasteiger partial charge in [0, 0.05) is 24.1 Å². The lowest BCUT2D eigenvalue weighted by molar-refractivity contribution is -0.384. The van der Waals surface area contributed by atoms with E-state index >= 15 is 0 Å². The predicted octanol–water partition coefficient (Wildman–Crippen LogP) is 6.57. The van der Waals surface area contributed by atoms with E-state index in [0.717, 1.165) is 25.7 Å². The number of aryl methyl sites for hydroxylation is 1. The van der Waals surface area contributed by atoms with Crippen LogP contribution in [-0.4, -0.2) is 22.2 Å². The molecule has 2 aromatic rings. The van der Waals surface area contributed by atoms with E-state index in [0.29, 0.717) is 23.2 Å². The fraction of sp³-hybridized carbons (Fsp3) is 0.500. The molecule has 0 aliphatic carbocycles. The lowest BCUT2D eigenvalue weighted by atomic mass is 10.1. The zero-order valence-corrected chi connectivity index (χ0v) is 20.6. The Hall–Kier alpha value is -3.09. The van der Waals surface area contributed by atoms with E-state index in [2.05, 4.69) is 26.8 Å². The average molecular weight is 457 g/mol. The van der Waals surface area contributed by atoms with E-state index in [1.54, 1.807) is 10.6 Å². The van der Waals surface area contributed by atoms with Crippen molar-refractivity contribution >= 4 is 16.6 Å². The monoisotopic (exact) mass is 456 g/mol. The lowest BCUT2D eigenvalue weighted by Gasteiger charge is -2.19.